The first-order chi connectivity index (χ1) is 16.3. The van der Waals surface area contributed by atoms with Gasteiger partial charge in [0.2, 0.25) is 15.9 Å². The Morgan fingerprint density at radius 1 is 1.03 bits per heavy atom. The van der Waals surface area contributed by atoms with Gasteiger partial charge in [-0.05, 0) is 55.7 Å². The Labute approximate surface area is 201 Å². The number of carbonyl (C=O) groups is 1. The molecule has 1 aliphatic heterocycles. The summed E-state index contributed by atoms with van der Waals surface area (Å²) >= 11 is 0. The number of piperidine rings is 1. The van der Waals surface area contributed by atoms with Crippen molar-refractivity contribution < 1.29 is 27.4 Å². The maximum atomic E-state index is 12.3. The van der Waals surface area contributed by atoms with Gasteiger partial charge in [-0.3, -0.25) is 4.79 Å². The van der Waals surface area contributed by atoms with Gasteiger partial charge in [0.15, 0.2) is 11.5 Å². The van der Waals surface area contributed by atoms with E-state index in [1.165, 1.54) is 16.6 Å². The molecule has 1 aliphatic rings. The number of nitrogens with zero attached hydrogens (tertiary/aromatic N) is 1. The first-order valence-electron chi connectivity index (χ1n) is 11.4. The molecule has 0 saturated carbocycles. The van der Waals surface area contributed by atoms with E-state index in [1.54, 1.807) is 6.08 Å². The standard InChI is InChI=1S/C25H32N2O6S/c1-3-31-24-19-20(9-11-23(24)33-18-17-32-22-7-5-4-6-8-22)10-12-25(28)26-21-13-15-27(16-14-21)34(2,29)30/h4-12,19,21H,3,13-18H2,1-2H3,(H,26,28)/b12-10+. The van der Waals surface area contributed by atoms with E-state index in [0.29, 0.717) is 57.3 Å². The zero-order valence-corrected chi connectivity index (χ0v) is 20.4. The summed E-state index contributed by atoms with van der Waals surface area (Å²) in [5.74, 6) is 1.78. The molecule has 0 radical (unpaired) electrons. The average molecular weight is 489 g/mol. The normalized spacial score (nSPS) is 15.2. The predicted molar refractivity (Wildman–Crippen MR) is 132 cm³/mol. The summed E-state index contributed by atoms with van der Waals surface area (Å²) < 4.78 is 41.8. The van der Waals surface area contributed by atoms with Crippen LogP contribution in [0, 0.1) is 0 Å². The number of hydrogen-bond acceptors (Lipinski definition) is 6. The smallest absolute Gasteiger partial charge is 0.244 e. The Morgan fingerprint density at radius 3 is 2.41 bits per heavy atom. The highest BCUT2D eigenvalue weighted by Gasteiger charge is 2.25. The lowest BCUT2D eigenvalue weighted by Crippen LogP contribution is -2.45. The Kier molecular flexibility index (Phi) is 9.35. The van der Waals surface area contributed by atoms with Gasteiger partial charge in [-0.2, -0.15) is 0 Å². The molecule has 1 saturated heterocycles. The molecule has 1 heterocycles. The van der Waals surface area contributed by atoms with Gasteiger partial charge in [-0.1, -0.05) is 24.3 Å². The highest BCUT2D eigenvalue weighted by atomic mass is 32.2. The summed E-state index contributed by atoms with van der Waals surface area (Å²) in [5.41, 5.74) is 0.804. The van der Waals surface area contributed by atoms with Crippen LogP contribution in [-0.4, -0.2) is 63.8 Å². The van der Waals surface area contributed by atoms with Gasteiger partial charge in [0, 0.05) is 25.2 Å². The highest BCUT2D eigenvalue weighted by molar-refractivity contribution is 7.88. The molecule has 2 aromatic carbocycles. The molecule has 2 aromatic rings. The van der Waals surface area contributed by atoms with Crippen LogP contribution in [0.4, 0.5) is 0 Å². The Balaban J connectivity index is 1.50. The number of carbonyl (C=O) groups excluding carboxylic acids is 1. The van der Waals surface area contributed by atoms with E-state index in [4.69, 9.17) is 14.2 Å². The average Bonchev–Trinajstić information content (AvgIpc) is 2.82. The lowest BCUT2D eigenvalue weighted by molar-refractivity contribution is -0.117. The summed E-state index contributed by atoms with van der Waals surface area (Å²) in [6.07, 6.45) is 5.59. The van der Waals surface area contributed by atoms with Crippen molar-refractivity contribution in [1.29, 1.82) is 0 Å². The fourth-order valence-corrected chi connectivity index (χ4v) is 4.47. The second kappa shape index (κ2) is 12.4. The van der Waals surface area contributed by atoms with Gasteiger partial charge < -0.3 is 19.5 Å². The fourth-order valence-electron chi connectivity index (χ4n) is 3.60. The van der Waals surface area contributed by atoms with E-state index >= 15 is 0 Å². The molecule has 184 valence electrons. The highest BCUT2D eigenvalue weighted by Crippen LogP contribution is 2.29. The molecule has 8 nitrogen and oxygen atoms in total. The first-order valence-corrected chi connectivity index (χ1v) is 13.2. The van der Waals surface area contributed by atoms with Crippen molar-refractivity contribution in [2.24, 2.45) is 0 Å². The van der Waals surface area contributed by atoms with Crippen LogP contribution >= 0.6 is 0 Å². The van der Waals surface area contributed by atoms with Gasteiger partial charge in [0.25, 0.3) is 0 Å². The van der Waals surface area contributed by atoms with Crippen LogP contribution in [0.1, 0.15) is 25.3 Å². The summed E-state index contributed by atoms with van der Waals surface area (Å²) in [5, 5.41) is 2.94. The molecule has 0 atom stereocenters. The first kappa shape index (κ1) is 25.6. The summed E-state index contributed by atoms with van der Waals surface area (Å²) in [6, 6.07) is 15.0. The maximum absolute atomic E-state index is 12.3. The number of nitrogens with one attached hydrogen (secondary N) is 1. The number of hydrogen-bond donors (Lipinski definition) is 1. The van der Waals surface area contributed by atoms with Crippen LogP contribution in [0.2, 0.25) is 0 Å². The van der Waals surface area contributed by atoms with Crippen molar-refractivity contribution in [1.82, 2.24) is 9.62 Å². The molecule has 0 spiro atoms. The zero-order chi connectivity index (χ0) is 24.4. The molecule has 9 heteroatoms. The van der Waals surface area contributed by atoms with Gasteiger partial charge in [-0.15, -0.1) is 0 Å². The van der Waals surface area contributed by atoms with E-state index in [9.17, 15) is 13.2 Å². The van der Waals surface area contributed by atoms with Gasteiger partial charge in [-0.25, -0.2) is 12.7 Å². The number of amides is 1. The lowest BCUT2D eigenvalue weighted by atomic mass is 10.1. The molecule has 34 heavy (non-hydrogen) atoms. The number of rotatable bonds is 11. The molecule has 0 aromatic heterocycles. The summed E-state index contributed by atoms with van der Waals surface area (Å²) in [6.45, 7) is 3.99. The second-order valence-electron chi connectivity index (χ2n) is 7.93. The van der Waals surface area contributed by atoms with E-state index in [1.807, 2.05) is 55.5 Å². The summed E-state index contributed by atoms with van der Waals surface area (Å²) in [4.78, 5) is 12.3. The van der Waals surface area contributed by atoms with Crippen LogP contribution in [0.25, 0.3) is 6.08 Å². The Bertz CT molecular complexity index is 1060. The Morgan fingerprint density at radius 2 is 1.74 bits per heavy atom. The SMILES string of the molecule is CCOc1cc(/C=C/C(=O)NC2CCN(S(C)(=O)=O)CC2)ccc1OCCOc1ccccc1. The van der Waals surface area contributed by atoms with E-state index in [2.05, 4.69) is 5.32 Å². The number of benzene rings is 2. The maximum Gasteiger partial charge on any atom is 0.244 e. The summed E-state index contributed by atoms with van der Waals surface area (Å²) in [7, 11) is -3.18. The van der Waals surface area contributed by atoms with Crippen molar-refractivity contribution in [3.63, 3.8) is 0 Å². The minimum absolute atomic E-state index is 0.0389. The van der Waals surface area contributed by atoms with Crippen LogP contribution in [0.5, 0.6) is 17.2 Å². The second-order valence-corrected chi connectivity index (χ2v) is 9.91. The molecular formula is C25H32N2O6S. The molecule has 0 bridgehead atoms. The third kappa shape index (κ3) is 8.07. The minimum atomic E-state index is -3.18. The molecule has 3 rings (SSSR count). The van der Waals surface area contributed by atoms with Crippen molar-refractivity contribution in [2.75, 3.05) is 39.2 Å². The minimum Gasteiger partial charge on any atom is -0.490 e. The van der Waals surface area contributed by atoms with Gasteiger partial charge in [0.1, 0.15) is 19.0 Å². The van der Waals surface area contributed by atoms with Crippen LogP contribution < -0.4 is 19.5 Å². The molecule has 0 unspecified atom stereocenters. The van der Waals surface area contributed by atoms with Gasteiger partial charge in [0.05, 0.1) is 12.9 Å². The van der Waals surface area contributed by atoms with E-state index < -0.39 is 10.0 Å². The molecule has 0 aliphatic carbocycles. The predicted octanol–water partition coefficient (Wildman–Crippen LogP) is 3.10. The van der Waals surface area contributed by atoms with E-state index in [0.717, 1.165) is 11.3 Å². The van der Waals surface area contributed by atoms with Crippen molar-refractivity contribution >= 4 is 22.0 Å². The van der Waals surface area contributed by atoms with Crippen molar-refractivity contribution in [2.45, 2.75) is 25.8 Å². The lowest BCUT2D eigenvalue weighted by Gasteiger charge is -2.30. The largest absolute Gasteiger partial charge is 0.490 e. The third-order valence-electron chi connectivity index (χ3n) is 5.32. The number of sulfonamides is 1. The fraction of sp³-hybridized carbons (Fsp3) is 0.400. The number of ether oxygens (including phenoxy) is 3. The zero-order valence-electron chi connectivity index (χ0n) is 19.6. The Hall–Kier alpha value is -3.04. The van der Waals surface area contributed by atoms with Crippen LogP contribution in [-0.2, 0) is 14.8 Å². The molecule has 1 fully saturated rings. The third-order valence-corrected chi connectivity index (χ3v) is 6.62. The topological polar surface area (TPSA) is 94.2 Å². The molecule has 1 N–H and O–H groups in total. The monoisotopic (exact) mass is 488 g/mol. The van der Waals surface area contributed by atoms with Crippen LogP contribution in [0.15, 0.2) is 54.6 Å². The number of para-hydroxylation sites is 1. The van der Waals surface area contributed by atoms with Crippen molar-refractivity contribution in [3.05, 3.63) is 60.2 Å². The molecular weight excluding hydrogens is 456 g/mol. The van der Waals surface area contributed by atoms with E-state index in [-0.39, 0.29) is 11.9 Å². The van der Waals surface area contributed by atoms with Gasteiger partial charge >= 0.3 is 0 Å². The van der Waals surface area contributed by atoms with Crippen LogP contribution in [0.3, 0.4) is 0 Å². The quantitative estimate of drug-likeness (QED) is 0.386. The van der Waals surface area contributed by atoms with Crippen molar-refractivity contribution in [3.8, 4) is 17.2 Å². The molecule has 1 amide bonds.